The summed E-state index contributed by atoms with van der Waals surface area (Å²) in [5.74, 6) is 0.626. The van der Waals surface area contributed by atoms with Gasteiger partial charge in [0.25, 0.3) is 0 Å². The van der Waals surface area contributed by atoms with Crippen molar-refractivity contribution < 1.29 is 41.0 Å². The summed E-state index contributed by atoms with van der Waals surface area (Å²) in [6, 6.07) is 18.0. The molecule has 0 saturated carbocycles. The molecule has 1 fully saturated rings. The number of carbonyl (C=O) groups excluding carboxylic acids is 2. The minimum Gasteiger partial charge on any atom is -0.497 e. The molecule has 0 bridgehead atoms. The molecule has 5 rings (SSSR count). The van der Waals surface area contributed by atoms with Crippen molar-refractivity contribution in [3.63, 3.8) is 0 Å². The fourth-order valence-corrected chi connectivity index (χ4v) is 6.19. The average molecular weight is 745 g/mol. The molecule has 3 amide bonds. The van der Waals surface area contributed by atoms with Crippen molar-refractivity contribution in [3.05, 3.63) is 72.3 Å². The fourth-order valence-electron chi connectivity index (χ4n) is 5.14. The number of ether oxygens (including phenoxy) is 2. The normalized spacial score (nSPS) is 14.7. The van der Waals surface area contributed by atoms with Crippen LogP contribution < -0.4 is 30.3 Å². The number of amides is 3. The van der Waals surface area contributed by atoms with Gasteiger partial charge in [-0.25, -0.2) is 4.79 Å². The number of hydrogen-bond donors (Lipinski definition) is 3. The summed E-state index contributed by atoms with van der Waals surface area (Å²) in [5.41, 5.74) is 2.94. The number of nitrogens with one attached hydrogen (secondary N) is 3. The van der Waals surface area contributed by atoms with Crippen LogP contribution in [0.5, 0.6) is 11.5 Å². The number of nitrogens with zero attached hydrogens (tertiary/aromatic N) is 5. The van der Waals surface area contributed by atoms with E-state index in [1.165, 1.54) is 28.6 Å². The number of benzene rings is 3. The Morgan fingerprint density at radius 3 is 2.38 bits per heavy atom. The van der Waals surface area contributed by atoms with Crippen molar-refractivity contribution in [3.8, 4) is 34.6 Å². The lowest BCUT2D eigenvalue weighted by Crippen LogP contribution is -2.42. The van der Waals surface area contributed by atoms with E-state index in [-0.39, 0.29) is 59.9 Å². The van der Waals surface area contributed by atoms with Crippen LogP contribution in [0.1, 0.15) is 31.7 Å². The molecule has 52 heavy (non-hydrogen) atoms. The molecule has 4 aromatic rings. The Morgan fingerprint density at radius 2 is 1.75 bits per heavy atom. The highest BCUT2D eigenvalue weighted by atomic mass is 32.2. The number of halogens is 5. The molecule has 1 atom stereocenters. The highest BCUT2D eigenvalue weighted by Crippen LogP contribution is 2.39. The number of anilines is 3. The molecule has 3 N–H and O–H groups in total. The second-order valence-corrected chi connectivity index (χ2v) is 12.8. The first-order chi connectivity index (χ1) is 24.7. The van der Waals surface area contributed by atoms with Gasteiger partial charge >= 0.3 is 18.3 Å². The number of nitriles is 1. The first kappa shape index (κ1) is 37.7. The average Bonchev–Trinajstić information content (AvgIpc) is 3.70. The Labute approximate surface area is 299 Å². The van der Waals surface area contributed by atoms with Crippen LogP contribution in [0.2, 0.25) is 0 Å². The van der Waals surface area contributed by atoms with Crippen LogP contribution in [-0.4, -0.2) is 70.3 Å². The highest BCUT2D eigenvalue weighted by Gasteiger charge is 2.61. The molecule has 12 nitrogen and oxygen atoms in total. The molecular formula is C34H33F5N8O4S. The quantitative estimate of drug-likeness (QED) is 0.0960. The first-order valence-corrected chi connectivity index (χ1v) is 16.8. The monoisotopic (exact) mass is 744 g/mol. The third kappa shape index (κ3) is 8.65. The lowest BCUT2D eigenvalue weighted by Gasteiger charge is -2.28. The maximum atomic E-state index is 13.4. The zero-order valence-corrected chi connectivity index (χ0v) is 28.8. The molecule has 2 heterocycles. The number of aromatic nitrogens is 3. The Morgan fingerprint density at radius 1 is 1.06 bits per heavy atom. The van der Waals surface area contributed by atoms with Crippen LogP contribution in [0, 0.1) is 11.3 Å². The Balaban J connectivity index is 1.26. The molecule has 1 saturated heterocycles. The standard InChI is InChI=1S/C34H33F5N8O4S/c1-20(2)26-14-13-25(50-3)17-27(26)46-28(48)19-52-29(46)18-42-32(49)43-22-7-5-21(6-8-22)30-44-31(41-16-4-15-40)47(45-30)23-9-11-24(12-10-23)51-34(38,39)33(35,36)37/h5-14,17,20,29H,4,16,18-19H2,1-3H3,(H,41,44,45)(H2,42,43,49). The van der Waals surface area contributed by atoms with Crippen LogP contribution in [0.25, 0.3) is 17.1 Å². The van der Waals surface area contributed by atoms with Crippen LogP contribution >= 0.6 is 11.8 Å². The maximum absolute atomic E-state index is 13.4. The number of urea groups is 1. The number of alkyl halides is 5. The van der Waals surface area contributed by atoms with Crippen molar-refractivity contribution in [2.24, 2.45) is 0 Å². The van der Waals surface area contributed by atoms with Crippen LogP contribution in [0.3, 0.4) is 0 Å². The van der Waals surface area contributed by atoms with Crippen LogP contribution in [0.15, 0.2) is 66.7 Å². The third-order valence-corrected chi connectivity index (χ3v) is 8.87. The van der Waals surface area contributed by atoms with Crippen molar-refractivity contribution in [1.29, 1.82) is 5.26 Å². The van der Waals surface area contributed by atoms with Gasteiger partial charge in [0.2, 0.25) is 11.9 Å². The second-order valence-electron chi connectivity index (χ2n) is 11.6. The van der Waals surface area contributed by atoms with Crippen molar-refractivity contribution >= 4 is 41.0 Å². The maximum Gasteiger partial charge on any atom is 0.499 e. The van der Waals surface area contributed by atoms with E-state index in [0.717, 1.165) is 23.4 Å². The summed E-state index contributed by atoms with van der Waals surface area (Å²) in [7, 11) is 1.56. The van der Waals surface area contributed by atoms with Gasteiger partial charge in [-0.1, -0.05) is 19.9 Å². The Hall–Kier alpha value is -5.57. The summed E-state index contributed by atoms with van der Waals surface area (Å²) in [6.07, 6.45) is -11.2. The first-order valence-electron chi connectivity index (χ1n) is 15.8. The van der Waals surface area contributed by atoms with Gasteiger partial charge in [-0.05, 0) is 66.1 Å². The number of hydrogen-bond acceptors (Lipinski definition) is 9. The summed E-state index contributed by atoms with van der Waals surface area (Å²) in [6.45, 7) is 4.44. The number of methoxy groups -OCH3 is 1. The minimum atomic E-state index is -5.90. The van der Waals surface area contributed by atoms with Crippen molar-refractivity contribution in [2.45, 2.75) is 43.8 Å². The lowest BCUT2D eigenvalue weighted by atomic mass is 10.00. The summed E-state index contributed by atoms with van der Waals surface area (Å²) in [5, 5.41) is 21.6. The molecule has 1 unspecified atom stereocenters. The zero-order chi connectivity index (χ0) is 37.6. The van der Waals surface area contributed by atoms with Gasteiger partial charge in [0.05, 0.1) is 36.7 Å². The van der Waals surface area contributed by atoms with Gasteiger partial charge < -0.3 is 25.4 Å². The van der Waals surface area contributed by atoms with Gasteiger partial charge in [0, 0.05) is 30.4 Å². The van der Waals surface area contributed by atoms with Crippen molar-refractivity contribution in [2.75, 3.05) is 41.5 Å². The minimum absolute atomic E-state index is 0.0703. The summed E-state index contributed by atoms with van der Waals surface area (Å²) in [4.78, 5) is 32.0. The predicted octanol–water partition coefficient (Wildman–Crippen LogP) is 7.15. The molecule has 3 aromatic carbocycles. The number of rotatable bonds is 13. The molecule has 0 spiro atoms. The molecule has 0 radical (unpaired) electrons. The van der Waals surface area contributed by atoms with Gasteiger partial charge in [-0.15, -0.1) is 16.9 Å². The Kier molecular flexibility index (Phi) is 11.4. The van der Waals surface area contributed by atoms with Gasteiger partial charge in [-0.3, -0.25) is 9.69 Å². The van der Waals surface area contributed by atoms with E-state index in [9.17, 15) is 31.5 Å². The molecule has 1 aliphatic rings. The van der Waals surface area contributed by atoms with Crippen LogP contribution in [0.4, 0.5) is 44.1 Å². The predicted molar refractivity (Wildman–Crippen MR) is 185 cm³/mol. The molecular weight excluding hydrogens is 711 g/mol. The lowest BCUT2D eigenvalue weighted by molar-refractivity contribution is -0.360. The largest absolute Gasteiger partial charge is 0.499 e. The summed E-state index contributed by atoms with van der Waals surface area (Å²) >= 11 is 1.43. The van der Waals surface area contributed by atoms with Gasteiger partial charge in [-0.2, -0.15) is 36.9 Å². The van der Waals surface area contributed by atoms with E-state index in [2.05, 4.69) is 30.8 Å². The number of carbonyl (C=O) groups is 2. The Bertz CT molecular complexity index is 1930. The topological polar surface area (TPSA) is 146 Å². The van der Waals surface area contributed by atoms with Gasteiger partial charge in [0.1, 0.15) is 16.9 Å². The SMILES string of the molecule is COc1ccc(C(C)C)c(N2C(=O)CSC2CNC(=O)Nc2ccc(-c3nc(NCCC#N)n(-c4ccc(OC(F)(F)C(F)(F)F)cc4)n3)cc2)c1. The van der Waals surface area contributed by atoms with E-state index >= 15 is 0 Å². The number of thioether (sulfide) groups is 1. The van der Waals surface area contributed by atoms with Crippen LogP contribution in [-0.2, 0) is 4.79 Å². The van der Waals surface area contributed by atoms with E-state index < -0.39 is 24.1 Å². The second kappa shape index (κ2) is 15.8. The van der Waals surface area contributed by atoms with E-state index in [1.807, 2.05) is 38.1 Å². The molecule has 274 valence electrons. The third-order valence-electron chi connectivity index (χ3n) is 7.70. The van der Waals surface area contributed by atoms with E-state index in [4.69, 9.17) is 10.00 Å². The van der Waals surface area contributed by atoms with Gasteiger partial charge in [0.15, 0.2) is 5.82 Å². The zero-order valence-electron chi connectivity index (χ0n) is 28.0. The fraction of sp³-hybridized carbons (Fsp3) is 0.324. The molecule has 1 aliphatic heterocycles. The molecule has 0 aliphatic carbocycles. The molecule has 18 heteroatoms. The molecule has 1 aromatic heterocycles. The summed E-state index contributed by atoms with van der Waals surface area (Å²) < 4.78 is 75.0. The van der Waals surface area contributed by atoms with E-state index in [1.54, 1.807) is 36.3 Å². The smallest absolute Gasteiger partial charge is 0.497 e. The highest BCUT2D eigenvalue weighted by molar-refractivity contribution is 8.01. The van der Waals surface area contributed by atoms with Crippen molar-refractivity contribution in [1.82, 2.24) is 20.1 Å². The van der Waals surface area contributed by atoms with E-state index in [0.29, 0.717) is 17.0 Å².